The molecule has 0 radical (unpaired) electrons. The van der Waals surface area contributed by atoms with Gasteiger partial charge in [0.15, 0.2) is 0 Å². The summed E-state index contributed by atoms with van der Waals surface area (Å²) in [7, 11) is 0. The lowest BCUT2D eigenvalue weighted by Gasteiger charge is -2.31. The number of esters is 1. The van der Waals surface area contributed by atoms with Gasteiger partial charge in [-0.25, -0.2) is 4.79 Å². The molecule has 3 rings (SSSR count). The third kappa shape index (κ3) is 4.06. The maximum absolute atomic E-state index is 13.5. The van der Waals surface area contributed by atoms with Gasteiger partial charge in [0.05, 0.1) is 11.6 Å². The van der Waals surface area contributed by atoms with E-state index < -0.39 is 23.8 Å². The Kier molecular flexibility index (Phi) is 5.96. The van der Waals surface area contributed by atoms with Gasteiger partial charge < -0.3 is 9.47 Å². The molecule has 0 spiro atoms. The summed E-state index contributed by atoms with van der Waals surface area (Å²) >= 11 is 12.6. The van der Waals surface area contributed by atoms with Gasteiger partial charge in [-0.2, -0.15) is 13.2 Å². The van der Waals surface area contributed by atoms with E-state index in [0.717, 1.165) is 37.7 Å². The maximum Gasteiger partial charge on any atom is 0.430 e. The van der Waals surface area contributed by atoms with Crippen LogP contribution >= 0.6 is 23.2 Å². The molecule has 1 unspecified atom stereocenters. The Labute approximate surface area is 165 Å². The Morgan fingerprint density at radius 3 is 2.48 bits per heavy atom. The van der Waals surface area contributed by atoms with Crippen LogP contribution in [0.4, 0.5) is 13.2 Å². The third-order valence-corrected chi connectivity index (χ3v) is 5.65. The summed E-state index contributed by atoms with van der Waals surface area (Å²) in [5.41, 5.74) is 0.185. The van der Waals surface area contributed by atoms with Gasteiger partial charge in [0.25, 0.3) is 0 Å². The molecule has 1 saturated carbocycles. The number of hydrogen-bond donors (Lipinski definition) is 0. The second-order valence-corrected chi connectivity index (χ2v) is 7.48. The fourth-order valence-corrected chi connectivity index (χ4v) is 4.29. The van der Waals surface area contributed by atoms with Crippen molar-refractivity contribution in [2.24, 2.45) is 0 Å². The van der Waals surface area contributed by atoms with Gasteiger partial charge in [0, 0.05) is 10.6 Å². The molecule has 0 bridgehead atoms. The molecule has 0 amide bonds. The predicted octanol–water partition coefficient (Wildman–Crippen LogP) is 6.22. The van der Waals surface area contributed by atoms with E-state index in [0.29, 0.717) is 5.02 Å². The second kappa shape index (κ2) is 7.92. The first kappa shape index (κ1) is 20.3. The molecule has 1 aliphatic heterocycles. The number of rotatable bonds is 3. The van der Waals surface area contributed by atoms with E-state index in [1.807, 2.05) is 0 Å². The lowest BCUT2D eigenvalue weighted by atomic mass is 9.83. The van der Waals surface area contributed by atoms with E-state index in [1.54, 1.807) is 0 Å². The second-order valence-electron chi connectivity index (χ2n) is 6.69. The summed E-state index contributed by atoms with van der Waals surface area (Å²) in [5, 5.41) is 0.0742. The van der Waals surface area contributed by atoms with Crippen LogP contribution in [0.25, 0.3) is 5.03 Å². The van der Waals surface area contributed by atoms with Crippen molar-refractivity contribution < 1.29 is 27.4 Å². The highest BCUT2D eigenvalue weighted by Crippen LogP contribution is 2.47. The molecule has 3 nitrogen and oxygen atoms in total. The van der Waals surface area contributed by atoms with Crippen molar-refractivity contribution in [2.45, 2.75) is 57.2 Å². The van der Waals surface area contributed by atoms with Crippen LogP contribution in [0.3, 0.4) is 0 Å². The van der Waals surface area contributed by atoms with E-state index in [9.17, 15) is 18.0 Å². The quantitative estimate of drug-likeness (QED) is 0.542. The zero-order chi connectivity index (χ0) is 19.8. The minimum Gasteiger partial charge on any atom is -0.475 e. The van der Waals surface area contributed by atoms with Crippen LogP contribution < -0.4 is 4.74 Å². The Bertz CT molecular complexity index is 768. The van der Waals surface area contributed by atoms with Gasteiger partial charge in [-0.05, 0) is 43.4 Å². The number of alkyl halides is 3. The molecule has 0 aromatic heterocycles. The summed E-state index contributed by atoms with van der Waals surface area (Å²) in [6.07, 6.45) is -2.18. The molecule has 27 heavy (non-hydrogen) atoms. The molecule has 2 aliphatic rings. The van der Waals surface area contributed by atoms with Crippen LogP contribution in [0.2, 0.25) is 5.02 Å². The molecule has 148 valence electrons. The summed E-state index contributed by atoms with van der Waals surface area (Å²) < 4.78 is 50.6. The van der Waals surface area contributed by atoms with Gasteiger partial charge in [-0.15, -0.1) is 0 Å². The molecule has 8 heteroatoms. The first-order valence-electron chi connectivity index (χ1n) is 8.88. The Morgan fingerprint density at radius 2 is 1.89 bits per heavy atom. The Balaban J connectivity index is 2.09. The monoisotopic (exact) mass is 422 g/mol. The minimum atomic E-state index is -4.81. The lowest BCUT2D eigenvalue weighted by molar-refractivity contribution is -0.188. The molecular formula is C19H19Cl2F3O3. The van der Waals surface area contributed by atoms with Crippen molar-refractivity contribution in [3.8, 4) is 5.75 Å². The number of ether oxygens (including phenoxy) is 2. The highest BCUT2D eigenvalue weighted by molar-refractivity contribution is 6.51. The fraction of sp³-hybridized carbons (Fsp3) is 0.526. The number of halogens is 5. The van der Waals surface area contributed by atoms with Crippen molar-refractivity contribution in [3.05, 3.63) is 33.9 Å². The van der Waals surface area contributed by atoms with Crippen molar-refractivity contribution in [1.82, 2.24) is 0 Å². The Hall–Kier alpha value is -1.40. The average Bonchev–Trinajstić information content (AvgIpc) is 2.61. The molecule has 0 N–H and O–H groups in total. The standard InChI is InChI=1S/C19H19Cl2F3O3/c1-2-26-18(25)15-16(21)12-8-13(20)11(10-6-4-3-5-7-10)9-14(12)27-17(15)19(22,23)24/h8-10,17H,2-7H2,1H3. The van der Waals surface area contributed by atoms with Crippen LogP contribution in [0.5, 0.6) is 5.75 Å². The van der Waals surface area contributed by atoms with Crippen molar-refractivity contribution >= 4 is 34.2 Å². The Morgan fingerprint density at radius 1 is 1.22 bits per heavy atom. The van der Waals surface area contributed by atoms with Crippen LogP contribution in [-0.2, 0) is 9.53 Å². The molecule has 1 aromatic rings. The van der Waals surface area contributed by atoms with E-state index in [1.165, 1.54) is 19.1 Å². The fourth-order valence-electron chi connectivity index (χ4n) is 3.65. The topological polar surface area (TPSA) is 35.5 Å². The number of fused-ring (bicyclic) bond motifs is 1. The van der Waals surface area contributed by atoms with Crippen LogP contribution in [0, 0.1) is 0 Å². The minimum absolute atomic E-state index is 0.0136. The molecule has 0 saturated heterocycles. The van der Waals surface area contributed by atoms with Gasteiger partial charge >= 0.3 is 12.1 Å². The molecule has 1 fully saturated rings. The number of carbonyl (C=O) groups excluding carboxylic acids is 1. The van der Waals surface area contributed by atoms with Gasteiger partial charge in [-0.3, -0.25) is 0 Å². The SMILES string of the molecule is CCOC(=O)C1=C(Cl)c2cc(Cl)c(C3CCCCC3)cc2OC1C(F)(F)F. The summed E-state index contributed by atoms with van der Waals surface area (Å²) in [6.45, 7) is 1.42. The maximum atomic E-state index is 13.5. The number of hydrogen-bond acceptors (Lipinski definition) is 3. The summed E-state index contributed by atoms with van der Waals surface area (Å²) in [6, 6.07) is 3.02. The molecular weight excluding hydrogens is 404 g/mol. The van der Waals surface area contributed by atoms with Gasteiger partial charge in [-0.1, -0.05) is 42.5 Å². The van der Waals surface area contributed by atoms with Crippen LogP contribution in [-0.4, -0.2) is 24.9 Å². The number of benzene rings is 1. The predicted molar refractivity (Wildman–Crippen MR) is 97.2 cm³/mol. The van der Waals surface area contributed by atoms with Crippen molar-refractivity contribution in [2.75, 3.05) is 6.61 Å². The van der Waals surface area contributed by atoms with Crippen LogP contribution in [0.15, 0.2) is 17.7 Å². The van der Waals surface area contributed by atoms with Crippen LogP contribution in [0.1, 0.15) is 56.1 Å². The zero-order valence-electron chi connectivity index (χ0n) is 14.7. The lowest BCUT2D eigenvalue weighted by Crippen LogP contribution is -2.41. The third-order valence-electron chi connectivity index (χ3n) is 4.92. The van der Waals surface area contributed by atoms with Gasteiger partial charge in [0.1, 0.15) is 11.3 Å². The molecule has 1 aliphatic carbocycles. The smallest absolute Gasteiger partial charge is 0.430 e. The van der Waals surface area contributed by atoms with Crippen molar-refractivity contribution in [3.63, 3.8) is 0 Å². The van der Waals surface area contributed by atoms with E-state index in [2.05, 4.69) is 0 Å². The first-order chi connectivity index (χ1) is 12.7. The summed E-state index contributed by atoms with van der Waals surface area (Å²) in [5.74, 6) is -0.984. The molecule has 1 atom stereocenters. The highest BCUT2D eigenvalue weighted by atomic mass is 35.5. The number of carbonyl (C=O) groups is 1. The molecule has 1 aromatic carbocycles. The first-order valence-corrected chi connectivity index (χ1v) is 9.63. The van der Waals surface area contributed by atoms with E-state index in [-0.39, 0.29) is 28.9 Å². The van der Waals surface area contributed by atoms with E-state index >= 15 is 0 Å². The zero-order valence-corrected chi connectivity index (χ0v) is 16.2. The largest absolute Gasteiger partial charge is 0.475 e. The normalized spacial score (nSPS) is 20.9. The summed E-state index contributed by atoms with van der Waals surface area (Å²) in [4.78, 5) is 12.1. The highest BCUT2D eigenvalue weighted by Gasteiger charge is 2.51. The van der Waals surface area contributed by atoms with E-state index in [4.69, 9.17) is 32.7 Å². The average molecular weight is 423 g/mol. The molecule has 1 heterocycles. The van der Waals surface area contributed by atoms with Crippen molar-refractivity contribution in [1.29, 1.82) is 0 Å². The van der Waals surface area contributed by atoms with Gasteiger partial charge in [0.2, 0.25) is 6.10 Å².